The Morgan fingerprint density at radius 1 is 1.21 bits per heavy atom. The Balaban J connectivity index is 3.04. The molecule has 4 nitrogen and oxygen atoms in total. The Morgan fingerprint density at radius 3 is 2.05 bits per heavy atom. The number of hydrogen-bond donors (Lipinski definition) is 2. The summed E-state index contributed by atoms with van der Waals surface area (Å²) in [5.41, 5.74) is 7.67. The van der Waals surface area contributed by atoms with E-state index in [0.29, 0.717) is 11.8 Å². The fourth-order valence-electron chi connectivity index (χ4n) is 1.89. The quantitative estimate of drug-likeness (QED) is 0.829. The van der Waals surface area contributed by atoms with Crippen molar-refractivity contribution in [3.05, 3.63) is 29.3 Å². The van der Waals surface area contributed by atoms with Crippen LogP contribution in [0.5, 0.6) is 5.75 Å². The van der Waals surface area contributed by atoms with Gasteiger partial charge in [-0.3, -0.25) is 4.79 Å². The molecule has 19 heavy (non-hydrogen) atoms. The summed E-state index contributed by atoms with van der Waals surface area (Å²) < 4.78 is 5.71. The van der Waals surface area contributed by atoms with Crippen LogP contribution in [-0.2, 0) is 4.79 Å². The third kappa shape index (κ3) is 3.96. The molecular formula is C15H23NO3. The Labute approximate surface area is 114 Å². The first kappa shape index (κ1) is 15.5. The van der Waals surface area contributed by atoms with E-state index in [2.05, 4.69) is 27.7 Å². The fraction of sp³-hybridized carbons (Fsp3) is 0.533. The lowest BCUT2D eigenvalue weighted by atomic mass is 9.94. The van der Waals surface area contributed by atoms with E-state index < -0.39 is 12.0 Å². The van der Waals surface area contributed by atoms with Crippen LogP contribution in [0.25, 0.3) is 0 Å². The van der Waals surface area contributed by atoms with Crippen LogP contribution in [0, 0.1) is 0 Å². The Bertz CT molecular complexity index is 415. The minimum absolute atomic E-state index is 0.0151. The summed E-state index contributed by atoms with van der Waals surface area (Å²) in [5, 5.41) is 8.81. The van der Waals surface area contributed by atoms with Crippen molar-refractivity contribution in [3.8, 4) is 5.75 Å². The maximum Gasteiger partial charge on any atom is 0.324 e. The van der Waals surface area contributed by atoms with E-state index in [1.165, 1.54) is 0 Å². The molecule has 0 aliphatic rings. The Kier molecular flexibility index (Phi) is 5.36. The van der Waals surface area contributed by atoms with Gasteiger partial charge in [-0.15, -0.1) is 0 Å². The summed E-state index contributed by atoms with van der Waals surface area (Å²) in [4.78, 5) is 10.8. The molecule has 1 aromatic rings. The van der Waals surface area contributed by atoms with Gasteiger partial charge in [-0.1, -0.05) is 45.9 Å². The van der Waals surface area contributed by atoms with Crippen molar-refractivity contribution < 1.29 is 14.6 Å². The largest absolute Gasteiger partial charge is 0.491 e. The zero-order valence-electron chi connectivity index (χ0n) is 12.0. The number of rotatable bonds is 6. The van der Waals surface area contributed by atoms with E-state index in [0.717, 1.165) is 16.9 Å². The molecule has 1 rings (SSSR count). The van der Waals surface area contributed by atoms with Crippen LogP contribution in [0.1, 0.15) is 50.7 Å². The highest BCUT2D eigenvalue weighted by molar-refractivity contribution is 5.73. The number of benzene rings is 1. The van der Waals surface area contributed by atoms with Crippen molar-refractivity contribution in [2.75, 3.05) is 6.61 Å². The van der Waals surface area contributed by atoms with E-state index in [4.69, 9.17) is 15.6 Å². The average molecular weight is 265 g/mol. The van der Waals surface area contributed by atoms with Crippen molar-refractivity contribution in [2.24, 2.45) is 5.73 Å². The number of carboxylic acid groups (broad SMARTS) is 1. The second kappa shape index (κ2) is 6.57. The lowest BCUT2D eigenvalue weighted by Crippen LogP contribution is -2.36. The molecule has 1 atom stereocenters. The molecule has 0 aliphatic heterocycles. The molecule has 0 fully saturated rings. The Hall–Kier alpha value is -1.55. The molecular weight excluding hydrogens is 242 g/mol. The van der Waals surface area contributed by atoms with E-state index in [-0.39, 0.29) is 6.61 Å². The molecule has 0 heterocycles. The molecule has 0 saturated heterocycles. The molecule has 1 unspecified atom stereocenters. The number of hydrogen-bond acceptors (Lipinski definition) is 3. The van der Waals surface area contributed by atoms with E-state index in [9.17, 15) is 4.79 Å². The lowest BCUT2D eigenvalue weighted by molar-refractivity contribution is -0.139. The molecule has 0 aromatic heterocycles. The van der Waals surface area contributed by atoms with Crippen molar-refractivity contribution in [1.29, 1.82) is 0 Å². The topological polar surface area (TPSA) is 72.5 Å². The first-order chi connectivity index (χ1) is 8.84. The predicted molar refractivity (Wildman–Crippen MR) is 75.7 cm³/mol. The van der Waals surface area contributed by atoms with Crippen LogP contribution >= 0.6 is 0 Å². The monoisotopic (exact) mass is 265 g/mol. The molecule has 106 valence electrons. The van der Waals surface area contributed by atoms with Gasteiger partial charge in [0.05, 0.1) is 0 Å². The normalized spacial score (nSPS) is 12.8. The van der Waals surface area contributed by atoms with Crippen LogP contribution in [0.4, 0.5) is 0 Å². The van der Waals surface area contributed by atoms with Gasteiger partial charge in [0.2, 0.25) is 0 Å². The first-order valence-corrected chi connectivity index (χ1v) is 6.58. The van der Waals surface area contributed by atoms with Gasteiger partial charge in [0.1, 0.15) is 18.4 Å². The summed E-state index contributed by atoms with van der Waals surface area (Å²) in [6.45, 7) is 8.33. The number of ether oxygens (including phenoxy) is 1. The zero-order valence-corrected chi connectivity index (χ0v) is 12.0. The van der Waals surface area contributed by atoms with Crippen LogP contribution < -0.4 is 10.5 Å². The van der Waals surface area contributed by atoms with Crippen LogP contribution in [-0.4, -0.2) is 23.7 Å². The fourth-order valence-corrected chi connectivity index (χ4v) is 1.89. The predicted octanol–water partition coefficient (Wildman–Crippen LogP) is 2.72. The molecule has 1 aromatic carbocycles. The lowest BCUT2D eigenvalue weighted by Gasteiger charge is -2.20. The van der Waals surface area contributed by atoms with Crippen molar-refractivity contribution in [1.82, 2.24) is 0 Å². The molecule has 0 amide bonds. The average Bonchev–Trinajstić information content (AvgIpc) is 2.34. The van der Waals surface area contributed by atoms with Gasteiger partial charge in [-0.25, -0.2) is 0 Å². The molecule has 0 bridgehead atoms. The zero-order chi connectivity index (χ0) is 14.6. The number of aliphatic carboxylic acids is 1. The maximum atomic E-state index is 10.8. The molecule has 0 saturated carbocycles. The third-order valence-electron chi connectivity index (χ3n) is 3.04. The summed E-state index contributed by atoms with van der Waals surface area (Å²) in [7, 11) is 0. The van der Waals surface area contributed by atoms with E-state index in [1.54, 1.807) is 0 Å². The highest BCUT2D eigenvalue weighted by atomic mass is 16.5. The molecule has 0 spiro atoms. The van der Waals surface area contributed by atoms with Gasteiger partial charge >= 0.3 is 5.97 Å². The van der Waals surface area contributed by atoms with Crippen molar-refractivity contribution >= 4 is 5.97 Å². The van der Waals surface area contributed by atoms with Gasteiger partial charge in [-0.05, 0) is 23.0 Å². The number of carboxylic acids is 1. The minimum Gasteiger partial charge on any atom is -0.491 e. The Morgan fingerprint density at radius 2 is 1.68 bits per heavy atom. The standard InChI is InChI=1S/C15H23NO3/c1-9(2)11-6-5-7-12(10(3)4)14(11)19-8-13(16)15(17)18/h5-7,9-10,13H,8,16H2,1-4H3,(H,17,18). The summed E-state index contributed by atoms with van der Waals surface area (Å²) in [6, 6.07) is 5.03. The van der Waals surface area contributed by atoms with Gasteiger partial charge in [0, 0.05) is 0 Å². The molecule has 4 heteroatoms. The van der Waals surface area contributed by atoms with Crippen molar-refractivity contribution in [3.63, 3.8) is 0 Å². The van der Waals surface area contributed by atoms with Gasteiger partial charge in [-0.2, -0.15) is 0 Å². The molecule has 0 aliphatic carbocycles. The summed E-state index contributed by atoms with van der Waals surface area (Å²) >= 11 is 0. The second-order valence-corrected chi connectivity index (χ2v) is 5.33. The van der Waals surface area contributed by atoms with Crippen LogP contribution in [0.15, 0.2) is 18.2 Å². The SMILES string of the molecule is CC(C)c1cccc(C(C)C)c1OCC(N)C(=O)O. The smallest absolute Gasteiger partial charge is 0.324 e. The van der Waals surface area contributed by atoms with Gasteiger partial charge in [0.25, 0.3) is 0 Å². The molecule has 0 radical (unpaired) electrons. The van der Waals surface area contributed by atoms with E-state index in [1.807, 2.05) is 18.2 Å². The molecule has 3 N–H and O–H groups in total. The maximum absolute atomic E-state index is 10.8. The number of nitrogens with two attached hydrogens (primary N) is 1. The van der Waals surface area contributed by atoms with Crippen LogP contribution in [0.3, 0.4) is 0 Å². The number of carbonyl (C=O) groups is 1. The van der Waals surface area contributed by atoms with E-state index >= 15 is 0 Å². The highest BCUT2D eigenvalue weighted by Crippen LogP contribution is 2.34. The highest BCUT2D eigenvalue weighted by Gasteiger charge is 2.18. The first-order valence-electron chi connectivity index (χ1n) is 6.58. The third-order valence-corrected chi connectivity index (χ3v) is 3.04. The van der Waals surface area contributed by atoms with Gasteiger partial charge in [0.15, 0.2) is 0 Å². The summed E-state index contributed by atoms with van der Waals surface area (Å²) in [6.07, 6.45) is 0. The summed E-state index contributed by atoms with van der Waals surface area (Å²) in [5.74, 6) is 0.363. The minimum atomic E-state index is -1.05. The van der Waals surface area contributed by atoms with Crippen molar-refractivity contribution in [2.45, 2.75) is 45.6 Å². The second-order valence-electron chi connectivity index (χ2n) is 5.33. The van der Waals surface area contributed by atoms with Gasteiger partial charge < -0.3 is 15.6 Å². The number of para-hydroxylation sites is 1. The van der Waals surface area contributed by atoms with Crippen LogP contribution in [0.2, 0.25) is 0 Å².